The Bertz CT molecular complexity index is 764. The van der Waals surface area contributed by atoms with Crippen molar-refractivity contribution in [2.75, 3.05) is 14.1 Å². The Morgan fingerprint density at radius 1 is 0.630 bits per heavy atom. The van der Waals surface area contributed by atoms with Crippen LogP contribution in [0.3, 0.4) is 0 Å². The molecule has 0 saturated carbocycles. The van der Waals surface area contributed by atoms with E-state index in [0.29, 0.717) is 11.4 Å². The Hall–Kier alpha value is -2.32. The Morgan fingerprint density at radius 2 is 0.963 bits per heavy atom. The predicted octanol–water partition coefficient (Wildman–Crippen LogP) is 2.04. The molecule has 0 heterocycles. The molecule has 0 bridgehead atoms. The number of amidine groups is 2. The molecular formula is C18H18CuN6S2. The first-order chi connectivity index (χ1) is 12.7. The molecule has 0 atom stereocenters. The van der Waals surface area contributed by atoms with E-state index in [-0.39, 0.29) is 27.4 Å². The zero-order valence-electron chi connectivity index (χ0n) is 14.7. The number of hydrogen-bond acceptors (Lipinski definition) is 6. The summed E-state index contributed by atoms with van der Waals surface area (Å²) < 4.78 is 0. The molecule has 0 spiro atoms. The first kappa shape index (κ1) is 22.7. The van der Waals surface area contributed by atoms with Gasteiger partial charge in [0.05, 0.1) is 0 Å². The fourth-order valence-electron chi connectivity index (χ4n) is 1.97. The molecule has 27 heavy (non-hydrogen) atoms. The van der Waals surface area contributed by atoms with Crippen LogP contribution in [0.2, 0.25) is 0 Å². The SMILES string of the molecule is CN/C([S-])=N/N=C(/C(=N/N=C(\[S-])NC)c1ccccc1)c1ccccc1.[Cu+2]. The topological polar surface area (TPSA) is 73.5 Å². The normalized spacial score (nSPS) is 13.0. The van der Waals surface area contributed by atoms with Crippen LogP contribution in [0.25, 0.3) is 0 Å². The van der Waals surface area contributed by atoms with Gasteiger partial charge in [0.15, 0.2) is 0 Å². The summed E-state index contributed by atoms with van der Waals surface area (Å²) in [7, 11) is 3.38. The summed E-state index contributed by atoms with van der Waals surface area (Å²) in [5.41, 5.74) is 2.75. The number of hydrogen-bond donors (Lipinski definition) is 2. The van der Waals surface area contributed by atoms with Crippen molar-refractivity contribution in [3.63, 3.8) is 0 Å². The number of nitrogens with zero attached hydrogens (tertiary/aromatic N) is 4. The third kappa shape index (κ3) is 7.07. The summed E-state index contributed by atoms with van der Waals surface area (Å²) >= 11 is 10.1. The van der Waals surface area contributed by atoms with Gasteiger partial charge in [0.1, 0.15) is 11.4 Å². The molecule has 2 N–H and O–H groups in total. The third-order valence-electron chi connectivity index (χ3n) is 3.23. The minimum atomic E-state index is 0. The van der Waals surface area contributed by atoms with Crippen LogP contribution < -0.4 is 10.6 Å². The van der Waals surface area contributed by atoms with Crippen molar-refractivity contribution in [3.8, 4) is 0 Å². The van der Waals surface area contributed by atoms with Gasteiger partial charge in [0.25, 0.3) is 0 Å². The molecule has 9 heteroatoms. The fourth-order valence-corrected chi connectivity index (χ4v) is 2.05. The van der Waals surface area contributed by atoms with Crippen LogP contribution in [-0.2, 0) is 42.3 Å². The monoisotopic (exact) mass is 445 g/mol. The molecule has 0 unspecified atom stereocenters. The molecule has 6 nitrogen and oxygen atoms in total. The molecular weight excluding hydrogens is 428 g/mol. The standard InChI is InChI=1S/C18H20N6S2.Cu/c1-19-17(25)23-21-15(13-9-5-3-6-10-13)16(22-24-18(26)20-2)14-11-7-4-8-12-14;/h3-12H,1-2H3,(H2,19,23,25)(H2,20,24,26);/q;+2/p-2/b21-15+,22-16+;. The largest absolute Gasteiger partial charge is 2.00 e. The third-order valence-corrected chi connectivity index (χ3v) is 3.80. The maximum Gasteiger partial charge on any atom is 2.00 e. The second-order valence-electron chi connectivity index (χ2n) is 4.94. The van der Waals surface area contributed by atoms with Crippen LogP contribution in [0.15, 0.2) is 81.1 Å². The van der Waals surface area contributed by atoms with Gasteiger partial charge in [-0.1, -0.05) is 60.7 Å². The van der Waals surface area contributed by atoms with Gasteiger partial charge in [-0.2, -0.15) is 10.2 Å². The Kier molecular flexibility index (Phi) is 10.2. The van der Waals surface area contributed by atoms with Crippen molar-refractivity contribution in [2.45, 2.75) is 0 Å². The van der Waals surface area contributed by atoms with E-state index in [0.717, 1.165) is 11.1 Å². The van der Waals surface area contributed by atoms with Crippen LogP contribution >= 0.6 is 0 Å². The average Bonchev–Trinajstić information content (AvgIpc) is 2.71. The molecule has 0 aliphatic carbocycles. The van der Waals surface area contributed by atoms with Crippen LogP contribution in [-0.4, -0.2) is 35.9 Å². The minimum Gasteiger partial charge on any atom is -0.741 e. The molecule has 143 valence electrons. The van der Waals surface area contributed by atoms with E-state index in [4.69, 9.17) is 25.3 Å². The zero-order chi connectivity index (χ0) is 18.8. The molecule has 0 aliphatic heterocycles. The summed E-state index contributed by atoms with van der Waals surface area (Å²) in [5.74, 6) is 0. The van der Waals surface area contributed by atoms with Gasteiger partial charge >= 0.3 is 17.1 Å². The molecule has 0 fully saturated rings. The van der Waals surface area contributed by atoms with Gasteiger partial charge < -0.3 is 35.9 Å². The van der Waals surface area contributed by atoms with E-state index < -0.39 is 0 Å². The molecule has 0 saturated heterocycles. The van der Waals surface area contributed by atoms with Crippen LogP contribution in [0, 0.1) is 0 Å². The maximum absolute atomic E-state index is 5.07. The second-order valence-corrected chi connectivity index (χ2v) is 5.71. The molecule has 0 aliphatic rings. The van der Waals surface area contributed by atoms with Crippen LogP contribution in [0.4, 0.5) is 0 Å². The summed E-state index contributed by atoms with van der Waals surface area (Å²) in [6, 6.07) is 19.2. The van der Waals surface area contributed by atoms with Gasteiger partial charge in [-0.3, -0.25) is 0 Å². The van der Waals surface area contributed by atoms with E-state index in [2.05, 4.69) is 31.0 Å². The van der Waals surface area contributed by atoms with E-state index in [1.165, 1.54) is 0 Å². The first-order valence-corrected chi connectivity index (χ1v) is 8.59. The van der Waals surface area contributed by atoms with E-state index in [1.54, 1.807) is 14.1 Å². The van der Waals surface area contributed by atoms with Crippen molar-refractivity contribution >= 4 is 47.0 Å². The molecule has 2 rings (SSSR count). The summed E-state index contributed by atoms with van der Waals surface area (Å²) in [6.07, 6.45) is 0. The molecule has 0 aromatic heterocycles. The van der Waals surface area contributed by atoms with Gasteiger partial charge in [-0.05, 0) is 10.3 Å². The summed E-state index contributed by atoms with van der Waals surface area (Å²) in [4.78, 5) is 0. The molecule has 1 radical (unpaired) electrons. The molecule has 2 aromatic carbocycles. The number of rotatable bonds is 5. The summed E-state index contributed by atoms with van der Waals surface area (Å²) in [6.45, 7) is 0. The Labute approximate surface area is 180 Å². The molecule has 2 aromatic rings. The molecule has 0 amide bonds. The van der Waals surface area contributed by atoms with E-state index in [1.807, 2.05) is 60.7 Å². The quantitative estimate of drug-likeness (QED) is 0.243. The van der Waals surface area contributed by atoms with Gasteiger partial charge in [-0.15, -0.1) is 10.2 Å². The zero-order valence-corrected chi connectivity index (χ0v) is 17.3. The fraction of sp³-hybridized carbons (Fsp3) is 0.111. The van der Waals surface area contributed by atoms with Gasteiger partial charge in [0, 0.05) is 25.2 Å². The maximum atomic E-state index is 5.07. The minimum absolute atomic E-state index is 0. The van der Waals surface area contributed by atoms with Gasteiger partial charge in [-0.25, -0.2) is 0 Å². The van der Waals surface area contributed by atoms with Crippen molar-refractivity contribution in [1.29, 1.82) is 0 Å². The Morgan fingerprint density at radius 3 is 1.26 bits per heavy atom. The van der Waals surface area contributed by atoms with E-state index in [9.17, 15) is 0 Å². The predicted molar refractivity (Wildman–Crippen MR) is 114 cm³/mol. The van der Waals surface area contributed by atoms with Crippen molar-refractivity contribution in [3.05, 3.63) is 71.8 Å². The smallest absolute Gasteiger partial charge is 0.741 e. The average molecular weight is 446 g/mol. The van der Waals surface area contributed by atoms with Crippen molar-refractivity contribution < 1.29 is 17.1 Å². The van der Waals surface area contributed by atoms with Crippen LogP contribution in [0.1, 0.15) is 11.1 Å². The van der Waals surface area contributed by atoms with E-state index >= 15 is 0 Å². The first-order valence-electron chi connectivity index (χ1n) is 7.77. The Balaban J connectivity index is 0.00000364. The van der Waals surface area contributed by atoms with Crippen molar-refractivity contribution in [1.82, 2.24) is 10.6 Å². The number of nitrogens with one attached hydrogen (secondary N) is 2. The number of benzene rings is 2. The van der Waals surface area contributed by atoms with Crippen molar-refractivity contribution in [2.24, 2.45) is 20.4 Å². The summed E-state index contributed by atoms with van der Waals surface area (Å²) in [5, 5.41) is 22.8. The van der Waals surface area contributed by atoms with Crippen LogP contribution in [0.5, 0.6) is 0 Å². The van der Waals surface area contributed by atoms with Gasteiger partial charge in [0.2, 0.25) is 0 Å². The second kappa shape index (κ2) is 12.1.